The van der Waals surface area contributed by atoms with Crippen LogP contribution in [-0.2, 0) is 10.0 Å². The number of sulfonamides is 1. The number of nitriles is 1. The molecule has 0 amide bonds. The molecule has 0 aliphatic rings. The zero-order valence-electron chi connectivity index (χ0n) is 9.95. The molecule has 0 radical (unpaired) electrons. The molecule has 6 nitrogen and oxygen atoms in total. The molecule has 0 fully saturated rings. The summed E-state index contributed by atoms with van der Waals surface area (Å²) >= 11 is 0. The van der Waals surface area contributed by atoms with E-state index in [-0.39, 0.29) is 23.5 Å². The molecule has 0 unspecified atom stereocenters. The summed E-state index contributed by atoms with van der Waals surface area (Å²) in [4.78, 5) is -0.257. The number of aliphatic hydroxyl groups excluding tert-OH is 2. The Bertz CT molecular complexity index is 577. The van der Waals surface area contributed by atoms with Gasteiger partial charge in [-0.1, -0.05) is 0 Å². The van der Waals surface area contributed by atoms with Gasteiger partial charge in [-0.15, -0.1) is 0 Å². The van der Waals surface area contributed by atoms with E-state index < -0.39 is 29.1 Å². The van der Waals surface area contributed by atoms with Crippen molar-refractivity contribution in [3.05, 3.63) is 29.6 Å². The van der Waals surface area contributed by atoms with Crippen LogP contribution in [0.2, 0.25) is 0 Å². The van der Waals surface area contributed by atoms with Gasteiger partial charge in [-0.25, -0.2) is 12.8 Å². The average molecular weight is 288 g/mol. The van der Waals surface area contributed by atoms with Gasteiger partial charge in [0.1, 0.15) is 11.9 Å². The van der Waals surface area contributed by atoms with Crippen LogP contribution in [0.15, 0.2) is 23.1 Å². The average Bonchev–Trinajstić information content (AvgIpc) is 2.38. The summed E-state index contributed by atoms with van der Waals surface area (Å²) in [6.45, 7) is -1.21. The molecule has 0 saturated heterocycles. The highest BCUT2D eigenvalue weighted by atomic mass is 32.2. The third-order valence-corrected chi connectivity index (χ3v) is 4.29. The smallest absolute Gasteiger partial charge is 0.243 e. The molecular weight excluding hydrogens is 275 g/mol. The van der Waals surface area contributed by atoms with Crippen LogP contribution < -0.4 is 0 Å². The SMILES string of the molecule is N#Cc1cc(S(=O)(=O)N(CCO)CCO)ccc1F. The summed E-state index contributed by atoms with van der Waals surface area (Å²) < 4.78 is 38.3. The zero-order valence-corrected chi connectivity index (χ0v) is 10.8. The maximum Gasteiger partial charge on any atom is 0.243 e. The molecule has 0 atom stereocenters. The van der Waals surface area contributed by atoms with E-state index in [2.05, 4.69) is 0 Å². The van der Waals surface area contributed by atoms with Gasteiger partial charge in [0.15, 0.2) is 0 Å². The summed E-state index contributed by atoms with van der Waals surface area (Å²) in [5.74, 6) is -0.808. The van der Waals surface area contributed by atoms with Gasteiger partial charge < -0.3 is 10.2 Å². The Morgan fingerprint density at radius 2 is 1.84 bits per heavy atom. The summed E-state index contributed by atoms with van der Waals surface area (Å²) in [5, 5.41) is 26.3. The van der Waals surface area contributed by atoms with Crippen LogP contribution in [0, 0.1) is 17.1 Å². The highest BCUT2D eigenvalue weighted by Crippen LogP contribution is 2.18. The molecule has 8 heteroatoms. The van der Waals surface area contributed by atoms with Gasteiger partial charge in [0.2, 0.25) is 10.0 Å². The Labute approximate surface area is 110 Å². The van der Waals surface area contributed by atoms with Crippen molar-refractivity contribution in [1.29, 1.82) is 5.26 Å². The van der Waals surface area contributed by atoms with E-state index in [9.17, 15) is 12.8 Å². The minimum atomic E-state index is -3.98. The number of hydrogen-bond acceptors (Lipinski definition) is 5. The fourth-order valence-corrected chi connectivity index (χ4v) is 2.92. The second kappa shape index (κ2) is 6.58. The third kappa shape index (κ3) is 3.48. The minimum absolute atomic E-state index is 0.192. The predicted octanol–water partition coefficient (Wildman–Crippen LogP) is -0.327. The van der Waals surface area contributed by atoms with Crippen molar-refractivity contribution >= 4 is 10.0 Å². The first-order valence-corrected chi connectivity index (χ1v) is 6.83. The molecule has 0 bridgehead atoms. The quantitative estimate of drug-likeness (QED) is 0.746. The van der Waals surface area contributed by atoms with E-state index >= 15 is 0 Å². The fraction of sp³-hybridized carbons (Fsp3) is 0.364. The first kappa shape index (κ1) is 15.5. The van der Waals surface area contributed by atoms with E-state index in [4.69, 9.17) is 15.5 Å². The second-order valence-corrected chi connectivity index (χ2v) is 5.54. The largest absolute Gasteiger partial charge is 0.395 e. The summed E-state index contributed by atoms with van der Waals surface area (Å²) in [6.07, 6.45) is 0. The lowest BCUT2D eigenvalue weighted by molar-refractivity contribution is 0.217. The molecule has 104 valence electrons. The molecule has 0 saturated carbocycles. The van der Waals surface area contributed by atoms with Crippen LogP contribution in [0.25, 0.3) is 0 Å². The number of rotatable bonds is 6. The van der Waals surface area contributed by atoms with Gasteiger partial charge >= 0.3 is 0 Å². The van der Waals surface area contributed by atoms with Crippen molar-refractivity contribution in [2.24, 2.45) is 0 Å². The van der Waals surface area contributed by atoms with E-state index in [1.807, 2.05) is 0 Å². The second-order valence-electron chi connectivity index (χ2n) is 3.60. The van der Waals surface area contributed by atoms with Gasteiger partial charge in [0.25, 0.3) is 0 Å². The van der Waals surface area contributed by atoms with Crippen molar-refractivity contribution < 1.29 is 23.0 Å². The highest BCUT2D eigenvalue weighted by molar-refractivity contribution is 7.89. The van der Waals surface area contributed by atoms with Gasteiger partial charge in [-0.05, 0) is 18.2 Å². The van der Waals surface area contributed by atoms with Gasteiger partial charge in [0, 0.05) is 13.1 Å². The van der Waals surface area contributed by atoms with Crippen LogP contribution in [0.5, 0.6) is 0 Å². The van der Waals surface area contributed by atoms with Gasteiger partial charge in [-0.3, -0.25) is 0 Å². The minimum Gasteiger partial charge on any atom is -0.395 e. The first-order valence-electron chi connectivity index (χ1n) is 5.39. The third-order valence-electron chi connectivity index (χ3n) is 2.39. The molecule has 2 N–H and O–H groups in total. The Hall–Kier alpha value is -1.53. The molecule has 0 aliphatic carbocycles. The molecular formula is C11H13FN2O4S. The van der Waals surface area contributed by atoms with Crippen molar-refractivity contribution in [2.45, 2.75) is 4.90 Å². The molecule has 1 aromatic carbocycles. The summed E-state index contributed by atoms with van der Waals surface area (Å²) in [7, 11) is -3.98. The van der Waals surface area contributed by atoms with Crippen molar-refractivity contribution in [2.75, 3.05) is 26.3 Å². The Morgan fingerprint density at radius 1 is 1.26 bits per heavy atom. The molecule has 0 heterocycles. The number of nitrogens with zero attached hydrogens (tertiary/aromatic N) is 2. The Kier molecular flexibility index (Phi) is 5.38. The molecule has 1 rings (SSSR count). The Morgan fingerprint density at radius 3 is 2.32 bits per heavy atom. The molecule has 0 aromatic heterocycles. The fourth-order valence-electron chi connectivity index (χ4n) is 1.47. The summed E-state index contributed by atoms with van der Waals surface area (Å²) in [5.41, 5.74) is -0.381. The van der Waals surface area contributed by atoms with Crippen molar-refractivity contribution in [3.63, 3.8) is 0 Å². The van der Waals surface area contributed by atoms with E-state index in [0.717, 1.165) is 22.5 Å². The number of halogens is 1. The maximum atomic E-state index is 13.1. The molecule has 1 aromatic rings. The molecule has 19 heavy (non-hydrogen) atoms. The number of benzene rings is 1. The van der Waals surface area contributed by atoms with E-state index in [1.165, 1.54) is 0 Å². The van der Waals surface area contributed by atoms with Gasteiger partial charge in [-0.2, -0.15) is 9.57 Å². The van der Waals surface area contributed by atoms with E-state index in [1.54, 1.807) is 6.07 Å². The van der Waals surface area contributed by atoms with Crippen molar-refractivity contribution in [1.82, 2.24) is 4.31 Å². The lowest BCUT2D eigenvalue weighted by Gasteiger charge is -2.20. The van der Waals surface area contributed by atoms with Gasteiger partial charge in [0.05, 0.1) is 23.7 Å². The standard InChI is InChI=1S/C11H13FN2O4S/c12-11-2-1-10(7-9(11)8-13)19(17,18)14(3-5-15)4-6-16/h1-2,7,15-16H,3-6H2. The maximum absolute atomic E-state index is 13.1. The number of hydrogen-bond donors (Lipinski definition) is 2. The van der Waals surface area contributed by atoms with Crippen LogP contribution in [0.1, 0.15) is 5.56 Å². The summed E-state index contributed by atoms with van der Waals surface area (Å²) in [6, 6.07) is 4.40. The van der Waals surface area contributed by atoms with Crippen LogP contribution in [0.3, 0.4) is 0 Å². The van der Waals surface area contributed by atoms with E-state index in [0.29, 0.717) is 0 Å². The van der Waals surface area contributed by atoms with Crippen LogP contribution >= 0.6 is 0 Å². The first-order chi connectivity index (χ1) is 8.97. The molecule has 0 aliphatic heterocycles. The zero-order chi connectivity index (χ0) is 14.5. The predicted molar refractivity (Wildman–Crippen MR) is 64.0 cm³/mol. The lowest BCUT2D eigenvalue weighted by atomic mass is 10.2. The van der Waals surface area contributed by atoms with Crippen molar-refractivity contribution in [3.8, 4) is 6.07 Å². The lowest BCUT2D eigenvalue weighted by Crippen LogP contribution is -2.35. The molecule has 0 spiro atoms. The topological polar surface area (TPSA) is 102 Å². The highest BCUT2D eigenvalue weighted by Gasteiger charge is 2.24. The monoisotopic (exact) mass is 288 g/mol. The Balaban J connectivity index is 3.22. The van der Waals surface area contributed by atoms with Crippen LogP contribution in [-0.4, -0.2) is 49.2 Å². The van der Waals surface area contributed by atoms with Crippen LogP contribution in [0.4, 0.5) is 4.39 Å². The number of aliphatic hydroxyl groups is 2. The normalized spacial score (nSPS) is 11.5.